The highest BCUT2D eigenvalue weighted by Crippen LogP contribution is 2.52. The number of aromatic hydroxyl groups is 1. The molecule has 246 valence electrons. The Balaban J connectivity index is 1.30. The van der Waals surface area contributed by atoms with Gasteiger partial charge in [0.2, 0.25) is 0 Å². The summed E-state index contributed by atoms with van der Waals surface area (Å²) in [5, 5.41) is 11.2. The fraction of sp³-hybridized carbons (Fsp3) is 0.273. The quantitative estimate of drug-likeness (QED) is 0.176. The van der Waals surface area contributed by atoms with Gasteiger partial charge in [-0.3, -0.25) is 14.4 Å². The lowest BCUT2D eigenvalue weighted by molar-refractivity contribution is -0.115. The zero-order chi connectivity index (χ0) is 34.2. The van der Waals surface area contributed by atoms with Crippen LogP contribution in [-0.2, 0) is 36.1 Å². The predicted molar refractivity (Wildman–Crippen MR) is 183 cm³/mol. The Bertz CT molecular complexity index is 2400. The topological polar surface area (TPSA) is 157 Å². The maximum atomic E-state index is 14.0. The second-order valence-corrected chi connectivity index (χ2v) is 13.2. The number of carbonyl (C=O) groups excluding carboxylic acids is 2. The minimum Gasteiger partial charge on any atom is -0.508 e. The van der Waals surface area contributed by atoms with Gasteiger partial charge in [-0.25, -0.2) is 28.5 Å². The molecule has 0 saturated carbocycles. The molecule has 2 atom stereocenters. The standard InChI is InChI=1S/C33H27ClIN5O8/c1-37-23-14-27(48-3)26(47-2)13-21(23)36-20(31(37)44)7-8-38-32(45)39-9-6-16-22(40(39)33(38)46)11-18-25(42)12-19(35)30(43)29(18)28(16)17-10-15(34)4-5-24(17)41/h4-6,10,12-14,22,28,41H,7-9,11H2,1-3H3. The summed E-state index contributed by atoms with van der Waals surface area (Å²) in [7, 11) is 4.58. The van der Waals surface area contributed by atoms with E-state index in [2.05, 4.69) is 4.98 Å². The van der Waals surface area contributed by atoms with E-state index in [9.17, 15) is 29.1 Å². The predicted octanol–water partition coefficient (Wildman–Crippen LogP) is 3.11. The Kier molecular flexibility index (Phi) is 7.82. The largest absolute Gasteiger partial charge is 0.508 e. The fourth-order valence-electron chi connectivity index (χ4n) is 6.91. The van der Waals surface area contributed by atoms with Gasteiger partial charge in [0.25, 0.3) is 5.56 Å². The second-order valence-electron chi connectivity index (χ2n) is 11.7. The Labute approximate surface area is 290 Å². The first-order valence-electron chi connectivity index (χ1n) is 14.9. The number of methoxy groups -OCH3 is 2. The number of hydrogen-bond donors (Lipinski definition) is 1. The molecule has 0 saturated heterocycles. The van der Waals surface area contributed by atoms with Gasteiger partial charge in [0, 0.05) is 72.3 Å². The van der Waals surface area contributed by atoms with Crippen LogP contribution in [0.2, 0.25) is 5.02 Å². The minimum atomic E-state index is -0.882. The summed E-state index contributed by atoms with van der Waals surface area (Å²) in [5.74, 6) is -0.868. The van der Waals surface area contributed by atoms with Gasteiger partial charge in [-0.05, 0) is 46.4 Å². The molecular formula is C33H27ClIN5O8. The highest BCUT2D eigenvalue weighted by Gasteiger charge is 2.45. The van der Waals surface area contributed by atoms with Crippen LogP contribution < -0.4 is 26.4 Å². The third kappa shape index (κ3) is 4.79. The highest BCUT2D eigenvalue weighted by molar-refractivity contribution is 14.1. The maximum absolute atomic E-state index is 14.0. The Morgan fingerprint density at radius 2 is 1.77 bits per heavy atom. The van der Waals surface area contributed by atoms with E-state index in [0.717, 1.165) is 4.57 Å². The fourth-order valence-corrected chi connectivity index (χ4v) is 7.66. The van der Waals surface area contributed by atoms with Crippen LogP contribution in [0.4, 0.5) is 0 Å². The number of aryl methyl sites for hydroxylation is 2. The highest BCUT2D eigenvalue weighted by atomic mass is 127. The van der Waals surface area contributed by atoms with Crippen molar-refractivity contribution in [2.45, 2.75) is 37.9 Å². The molecule has 13 nitrogen and oxygen atoms in total. The average molecular weight is 784 g/mol. The number of nitrogens with zero attached hydrogens (tertiary/aromatic N) is 5. The number of Topliss-reactive ketones (excluding diaryl/α,β-unsaturated/α-hetero) is 1. The van der Waals surface area contributed by atoms with E-state index in [0.29, 0.717) is 38.7 Å². The summed E-state index contributed by atoms with van der Waals surface area (Å²) in [6.07, 6.45) is 2.99. The van der Waals surface area contributed by atoms with Crippen molar-refractivity contribution in [3.05, 3.63) is 110 Å². The van der Waals surface area contributed by atoms with Crippen LogP contribution in [0, 0.1) is 0 Å². The van der Waals surface area contributed by atoms with Gasteiger partial charge in [0.1, 0.15) is 11.4 Å². The van der Waals surface area contributed by atoms with Crippen molar-refractivity contribution in [2.24, 2.45) is 7.05 Å². The lowest BCUT2D eigenvalue weighted by atomic mass is 9.68. The number of allylic oxidation sites excluding steroid dienone is 6. The molecule has 7 rings (SSSR count). The Hall–Kier alpha value is -4.70. The lowest BCUT2D eigenvalue weighted by Crippen LogP contribution is -2.40. The first kappa shape index (κ1) is 31.9. The number of ether oxygens (including phenoxy) is 2. The molecule has 4 aromatic rings. The van der Waals surface area contributed by atoms with Gasteiger partial charge >= 0.3 is 11.4 Å². The third-order valence-corrected chi connectivity index (χ3v) is 10.2. The van der Waals surface area contributed by atoms with Crippen molar-refractivity contribution in [3.8, 4) is 17.2 Å². The molecule has 0 fully saturated rings. The number of phenols is 1. The average Bonchev–Trinajstić information content (AvgIpc) is 3.32. The van der Waals surface area contributed by atoms with E-state index >= 15 is 0 Å². The van der Waals surface area contributed by atoms with Crippen LogP contribution in [-0.4, -0.2) is 54.4 Å². The molecule has 2 unspecified atom stereocenters. The molecule has 1 aliphatic heterocycles. The summed E-state index contributed by atoms with van der Waals surface area (Å²) in [6.45, 7) is -0.140. The first-order chi connectivity index (χ1) is 22.9. The number of benzene rings is 2. The minimum absolute atomic E-state index is 0.0000333. The number of ketones is 2. The summed E-state index contributed by atoms with van der Waals surface area (Å²) >= 11 is 8.15. The van der Waals surface area contributed by atoms with Crippen LogP contribution in [0.15, 0.2) is 77.2 Å². The molecule has 3 aliphatic rings. The molecule has 2 aromatic heterocycles. The molecule has 0 spiro atoms. The van der Waals surface area contributed by atoms with Crippen molar-refractivity contribution in [3.63, 3.8) is 0 Å². The van der Waals surface area contributed by atoms with Crippen molar-refractivity contribution < 1.29 is 24.2 Å². The van der Waals surface area contributed by atoms with Gasteiger partial charge in [-0.15, -0.1) is 0 Å². The van der Waals surface area contributed by atoms with Gasteiger partial charge in [-0.2, -0.15) is 0 Å². The summed E-state index contributed by atoms with van der Waals surface area (Å²) in [4.78, 5) is 72.4. The molecule has 0 radical (unpaired) electrons. The van der Waals surface area contributed by atoms with E-state index < -0.39 is 28.9 Å². The van der Waals surface area contributed by atoms with Gasteiger partial charge in [0.05, 0.1) is 41.4 Å². The zero-order valence-electron chi connectivity index (χ0n) is 25.8. The van der Waals surface area contributed by atoms with E-state index in [-0.39, 0.29) is 63.7 Å². The van der Waals surface area contributed by atoms with Crippen molar-refractivity contribution in [1.82, 2.24) is 23.5 Å². The molecule has 1 N–H and O–H groups in total. The molecule has 0 bridgehead atoms. The van der Waals surface area contributed by atoms with Crippen LogP contribution in [0.3, 0.4) is 0 Å². The lowest BCUT2D eigenvalue weighted by Gasteiger charge is -2.39. The zero-order valence-corrected chi connectivity index (χ0v) is 28.7. The number of aromatic nitrogens is 5. The van der Waals surface area contributed by atoms with Crippen LogP contribution in [0.5, 0.6) is 17.2 Å². The summed E-state index contributed by atoms with van der Waals surface area (Å²) in [5.41, 5.74) is 0.841. The molecular weight excluding hydrogens is 757 g/mol. The van der Waals surface area contributed by atoms with Crippen molar-refractivity contribution >= 4 is 56.8 Å². The number of hydrogen-bond acceptors (Lipinski definition) is 9. The number of rotatable bonds is 6. The van der Waals surface area contributed by atoms with Crippen LogP contribution in [0.1, 0.15) is 29.6 Å². The SMILES string of the molecule is COc1cc2nc(CCn3c(=O)n4n(c3=O)C3CC5=C(C(=O)C(I)=CC5=O)C(c5cc(Cl)ccc5O)C3=CC4)c(=O)n(C)c2cc1OC. The molecule has 48 heavy (non-hydrogen) atoms. The number of carbonyl (C=O) groups is 2. The number of fused-ring (bicyclic) bond motifs is 4. The Morgan fingerprint density at radius 1 is 1.04 bits per heavy atom. The van der Waals surface area contributed by atoms with Crippen molar-refractivity contribution in [1.29, 1.82) is 0 Å². The number of halogens is 2. The molecule has 2 aliphatic carbocycles. The molecule has 2 aromatic carbocycles. The second kappa shape index (κ2) is 11.8. The smallest absolute Gasteiger partial charge is 0.347 e. The summed E-state index contributed by atoms with van der Waals surface area (Å²) in [6, 6.07) is 6.95. The van der Waals surface area contributed by atoms with E-state index in [1.54, 1.807) is 25.3 Å². The summed E-state index contributed by atoms with van der Waals surface area (Å²) < 4.78 is 16.0. The third-order valence-electron chi connectivity index (χ3n) is 9.20. The van der Waals surface area contributed by atoms with Gasteiger partial charge < -0.3 is 19.1 Å². The van der Waals surface area contributed by atoms with E-state index in [1.807, 2.05) is 22.6 Å². The first-order valence-corrected chi connectivity index (χ1v) is 16.3. The van der Waals surface area contributed by atoms with Crippen LogP contribution in [0.25, 0.3) is 11.0 Å². The normalized spacial score (nSPS) is 18.7. The molecule has 0 amide bonds. The van der Waals surface area contributed by atoms with Gasteiger partial charge in [-0.1, -0.05) is 17.7 Å². The monoisotopic (exact) mass is 783 g/mol. The number of phenolic OH excluding ortho intramolecular Hbond substituents is 1. The van der Waals surface area contributed by atoms with E-state index in [1.165, 1.54) is 52.4 Å². The van der Waals surface area contributed by atoms with Gasteiger partial charge in [0.15, 0.2) is 23.1 Å². The Morgan fingerprint density at radius 3 is 2.50 bits per heavy atom. The molecule has 15 heteroatoms. The van der Waals surface area contributed by atoms with E-state index in [4.69, 9.17) is 21.1 Å². The van der Waals surface area contributed by atoms with Crippen LogP contribution >= 0.6 is 34.2 Å². The maximum Gasteiger partial charge on any atom is 0.347 e. The van der Waals surface area contributed by atoms with Crippen molar-refractivity contribution in [2.75, 3.05) is 14.2 Å². The molecule has 3 heterocycles.